The molecule has 0 aromatic heterocycles. The lowest BCUT2D eigenvalue weighted by molar-refractivity contribution is 0.191. The second-order valence-corrected chi connectivity index (χ2v) is 2.13. The first-order chi connectivity index (χ1) is 4.29. The van der Waals surface area contributed by atoms with Crippen LogP contribution >= 0.6 is 12.4 Å². The van der Waals surface area contributed by atoms with Crippen molar-refractivity contribution in [3.63, 3.8) is 0 Å². The van der Waals surface area contributed by atoms with E-state index in [0.29, 0.717) is 12.6 Å². The Bertz CT molecular complexity index is 116. The molecule has 0 saturated carbocycles. The minimum absolute atomic E-state index is 0. The van der Waals surface area contributed by atoms with Crippen LogP contribution in [0.3, 0.4) is 0 Å². The maximum absolute atomic E-state index is 9.90. The highest BCUT2D eigenvalue weighted by Gasteiger charge is 2.15. The molecule has 0 spiro atoms. The molecule has 1 amide bonds. The minimum Gasteiger partial charge on any atom is -0.465 e. The second kappa shape index (κ2) is 4.35. The largest absolute Gasteiger partial charge is 0.465 e. The molecular weight excluding hydrogens is 156 g/mol. The number of hydrogen-bond donors (Lipinski definition) is 3. The molecular formula is C5H11ClN2O2. The lowest BCUT2D eigenvalue weighted by Crippen LogP contribution is -2.49. The Morgan fingerprint density at radius 2 is 2.40 bits per heavy atom. The van der Waals surface area contributed by atoms with Crippen molar-refractivity contribution >= 4 is 18.5 Å². The van der Waals surface area contributed by atoms with Gasteiger partial charge in [-0.3, -0.25) is 0 Å². The third-order valence-electron chi connectivity index (χ3n) is 1.43. The first kappa shape index (κ1) is 9.52. The van der Waals surface area contributed by atoms with Crippen LogP contribution in [-0.4, -0.2) is 30.3 Å². The van der Waals surface area contributed by atoms with Crippen LogP contribution in [0.15, 0.2) is 0 Å². The summed E-state index contributed by atoms with van der Waals surface area (Å²) in [6, 6.07) is 0.376. The van der Waals surface area contributed by atoms with Gasteiger partial charge in [0.1, 0.15) is 0 Å². The number of hydrogen-bond acceptors (Lipinski definition) is 2. The summed E-state index contributed by atoms with van der Waals surface area (Å²) in [6.07, 6.45) is 0.143. The summed E-state index contributed by atoms with van der Waals surface area (Å²) in [7, 11) is 0. The predicted molar refractivity (Wildman–Crippen MR) is 39.7 cm³/mol. The van der Waals surface area contributed by atoms with Crippen molar-refractivity contribution in [2.24, 2.45) is 0 Å². The number of nitrogens with one attached hydrogen (secondary N) is 2. The van der Waals surface area contributed by atoms with Crippen molar-refractivity contribution in [2.75, 3.05) is 13.1 Å². The van der Waals surface area contributed by atoms with Gasteiger partial charge in [-0.1, -0.05) is 0 Å². The standard InChI is InChI=1S/C5H10N2O2.ClH/c8-5(9)7-3-4-1-2-6-4;/h4,6-7H,1-3H2,(H,8,9);1H. The van der Waals surface area contributed by atoms with E-state index in [1.807, 2.05) is 0 Å². The van der Waals surface area contributed by atoms with Crippen LogP contribution in [0.1, 0.15) is 6.42 Å². The molecule has 0 aromatic rings. The average molecular weight is 167 g/mol. The van der Waals surface area contributed by atoms with Crippen LogP contribution in [0.2, 0.25) is 0 Å². The molecule has 1 heterocycles. The van der Waals surface area contributed by atoms with Crippen LogP contribution in [-0.2, 0) is 0 Å². The summed E-state index contributed by atoms with van der Waals surface area (Å²) in [6.45, 7) is 1.56. The van der Waals surface area contributed by atoms with Crippen molar-refractivity contribution in [2.45, 2.75) is 12.5 Å². The SMILES string of the molecule is Cl.O=C(O)NCC1CCN1. The van der Waals surface area contributed by atoms with Crippen LogP contribution < -0.4 is 10.6 Å². The highest BCUT2D eigenvalue weighted by atomic mass is 35.5. The molecule has 60 valence electrons. The molecule has 10 heavy (non-hydrogen) atoms. The van der Waals surface area contributed by atoms with Gasteiger partial charge in [-0.15, -0.1) is 12.4 Å². The van der Waals surface area contributed by atoms with Crippen molar-refractivity contribution in [3.8, 4) is 0 Å². The molecule has 0 aromatic carbocycles. The van der Waals surface area contributed by atoms with Crippen molar-refractivity contribution < 1.29 is 9.90 Å². The number of amides is 1. The lowest BCUT2D eigenvalue weighted by Gasteiger charge is -2.26. The van der Waals surface area contributed by atoms with E-state index in [4.69, 9.17) is 5.11 Å². The Kier molecular flexibility index (Phi) is 4.14. The molecule has 1 fully saturated rings. The first-order valence-corrected chi connectivity index (χ1v) is 2.99. The molecule has 1 aliphatic rings. The second-order valence-electron chi connectivity index (χ2n) is 2.13. The Balaban J connectivity index is 0.000000810. The molecule has 4 nitrogen and oxygen atoms in total. The maximum atomic E-state index is 9.90. The Morgan fingerprint density at radius 1 is 1.80 bits per heavy atom. The number of carboxylic acid groups (broad SMARTS) is 1. The summed E-state index contributed by atoms with van der Waals surface area (Å²) >= 11 is 0. The number of carbonyl (C=O) groups is 1. The lowest BCUT2D eigenvalue weighted by atomic mass is 10.1. The fourth-order valence-corrected chi connectivity index (χ4v) is 0.733. The third-order valence-corrected chi connectivity index (χ3v) is 1.43. The van der Waals surface area contributed by atoms with E-state index in [0.717, 1.165) is 13.0 Å². The topological polar surface area (TPSA) is 61.4 Å². The van der Waals surface area contributed by atoms with E-state index in [9.17, 15) is 4.79 Å². The summed E-state index contributed by atoms with van der Waals surface area (Å²) in [5, 5.41) is 13.5. The van der Waals surface area contributed by atoms with Crippen LogP contribution in [0, 0.1) is 0 Å². The minimum atomic E-state index is -0.941. The number of rotatable bonds is 2. The van der Waals surface area contributed by atoms with Crippen molar-refractivity contribution in [3.05, 3.63) is 0 Å². The highest BCUT2D eigenvalue weighted by Crippen LogP contribution is 1.98. The molecule has 0 bridgehead atoms. The zero-order chi connectivity index (χ0) is 6.69. The van der Waals surface area contributed by atoms with E-state index in [-0.39, 0.29) is 12.4 Å². The molecule has 0 radical (unpaired) electrons. The van der Waals surface area contributed by atoms with Crippen LogP contribution in [0.4, 0.5) is 4.79 Å². The Labute approximate surface area is 65.4 Å². The van der Waals surface area contributed by atoms with Gasteiger partial charge < -0.3 is 15.7 Å². The van der Waals surface area contributed by atoms with Gasteiger partial charge in [0.15, 0.2) is 0 Å². The summed E-state index contributed by atoms with van der Waals surface area (Å²) < 4.78 is 0. The van der Waals surface area contributed by atoms with Gasteiger partial charge in [-0.25, -0.2) is 4.79 Å². The molecule has 1 atom stereocenters. The van der Waals surface area contributed by atoms with Gasteiger partial charge in [-0.2, -0.15) is 0 Å². The third kappa shape index (κ3) is 2.89. The summed E-state index contributed by atoms with van der Waals surface area (Å²) in [5.41, 5.74) is 0. The summed E-state index contributed by atoms with van der Waals surface area (Å²) in [4.78, 5) is 9.90. The Hall–Kier alpha value is -0.480. The summed E-state index contributed by atoms with van der Waals surface area (Å²) in [5.74, 6) is 0. The highest BCUT2D eigenvalue weighted by molar-refractivity contribution is 5.85. The molecule has 1 aliphatic heterocycles. The number of halogens is 1. The smallest absolute Gasteiger partial charge is 0.404 e. The van der Waals surface area contributed by atoms with Crippen molar-refractivity contribution in [1.29, 1.82) is 0 Å². The molecule has 5 heteroatoms. The predicted octanol–water partition coefficient (Wildman–Crippen LogP) is 0.0377. The van der Waals surface area contributed by atoms with Gasteiger partial charge in [-0.05, 0) is 13.0 Å². The van der Waals surface area contributed by atoms with E-state index in [1.165, 1.54) is 0 Å². The normalized spacial score (nSPS) is 22.2. The van der Waals surface area contributed by atoms with E-state index < -0.39 is 6.09 Å². The monoisotopic (exact) mass is 166 g/mol. The molecule has 1 rings (SSSR count). The molecule has 1 saturated heterocycles. The quantitative estimate of drug-likeness (QED) is 0.543. The Morgan fingerprint density at radius 3 is 2.70 bits per heavy atom. The van der Waals surface area contributed by atoms with E-state index in [2.05, 4.69) is 10.6 Å². The van der Waals surface area contributed by atoms with Gasteiger partial charge >= 0.3 is 6.09 Å². The first-order valence-electron chi connectivity index (χ1n) is 2.99. The van der Waals surface area contributed by atoms with E-state index in [1.54, 1.807) is 0 Å². The van der Waals surface area contributed by atoms with Gasteiger partial charge in [0.05, 0.1) is 0 Å². The maximum Gasteiger partial charge on any atom is 0.404 e. The van der Waals surface area contributed by atoms with Crippen molar-refractivity contribution in [1.82, 2.24) is 10.6 Å². The van der Waals surface area contributed by atoms with E-state index >= 15 is 0 Å². The van der Waals surface area contributed by atoms with Crippen LogP contribution in [0.25, 0.3) is 0 Å². The van der Waals surface area contributed by atoms with Gasteiger partial charge in [0.2, 0.25) is 0 Å². The van der Waals surface area contributed by atoms with Gasteiger partial charge in [0.25, 0.3) is 0 Å². The molecule has 0 aliphatic carbocycles. The van der Waals surface area contributed by atoms with Crippen LogP contribution in [0.5, 0.6) is 0 Å². The average Bonchev–Trinajstić information content (AvgIpc) is 1.60. The fourth-order valence-electron chi connectivity index (χ4n) is 0.733. The fraction of sp³-hybridized carbons (Fsp3) is 0.800. The molecule has 1 unspecified atom stereocenters. The zero-order valence-electron chi connectivity index (χ0n) is 5.46. The molecule has 3 N–H and O–H groups in total. The zero-order valence-corrected chi connectivity index (χ0v) is 6.28. The van der Waals surface area contributed by atoms with Gasteiger partial charge in [0, 0.05) is 12.6 Å².